The standard InChI is InChI=1S/C25H19ClN6O2/c26-18-7-9-19(10-8-18)29-25(33)32-13-21-20(27-14-28-21)12-22(32)24-30-23(31-34-24)17-6-5-15-3-1-2-4-16(15)11-17/h1-11,14,22H,12-13H2,(H,27,28)(H,29,33). The molecule has 0 saturated carbocycles. The number of nitrogens with zero attached hydrogens (tertiary/aromatic N) is 4. The van der Waals surface area contributed by atoms with Gasteiger partial charge >= 0.3 is 6.03 Å². The van der Waals surface area contributed by atoms with Gasteiger partial charge < -0.3 is 19.7 Å². The summed E-state index contributed by atoms with van der Waals surface area (Å²) in [6.45, 7) is 0.340. The van der Waals surface area contributed by atoms with Crippen molar-refractivity contribution in [1.29, 1.82) is 0 Å². The summed E-state index contributed by atoms with van der Waals surface area (Å²) >= 11 is 5.97. The minimum atomic E-state index is -0.454. The van der Waals surface area contributed by atoms with Crippen LogP contribution in [0, 0.1) is 0 Å². The van der Waals surface area contributed by atoms with Gasteiger partial charge in [-0.15, -0.1) is 0 Å². The van der Waals surface area contributed by atoms with Crippen molar-refractivity contribution in [2.45, 2.75) is 19.0 Å². The normalized spacial score (nSPS) is 15.3. The van der Waals surface area contributed by atoms with Gasteiger partial charge in [0.15, 0.2) is 0 Å². The van der Waals surface area contributed by atoms with Crippen LogP contribution in [0.2, 0.25) is 5.02 Å². The number of imidazole rings is 1. The van der Waals surface area contributed by atoms with E-state index < -0.39 is 6.04 Å². The van der Waals surface area contributed by atoms with Crippen LogP contribution in [0.4, 0.5) is 10.5 Å². The topological polar surface area (TPSA) is 99.9 Å². The number of nitrogens with one attached hydrogen (secondary N) is 2. The fourth-order valence-corrected chi connectivity index (χ4v) is 4.34. The number of amides is 2. The third kappa shape index (κ3) is 3.78. The van der Waals surface area contributed by atoms with Gasteiger partial charge in [0.05, 0.1) is 24.3 Å². The summed E-state index contributed by atoms with van der Waals surface area (Å²) in [6.07, 6.45) is 2.10. The minimum Gasteiger partial charge on any atom is -0.347 e. The van der Waals surface area contributed by atoms with Crippen LogP contribution >= 0.6 is 11.6 Å². The van der Waals surface area contributed by atoms with E-state index in [1.807, 2.05) is 36.4 Å². The molecule has 0 bridgehead atoms. The number of urea groups is 1. The molecular weight excluding hydrogens is 452 g/mol. The summed E-state index contributed by atoms with van der Waals surface area (Å²) in [5.41, 5.74) is 3.26. The molecule has 3 aromatic carbocycles. The Bertz CT molecular complexity index is 1490. The number of benzene rings is 3. The van der Waals surface area contributed by atoms with E-state index >= 15 is 0 Å². The second kappa shape index (κ2) is 8.31. The van der Waals surface area contributed by atoms with E-state index in [2.05, 4.69) is 31.5 Å². The van der Waals surface area contributed by atoms with Gasteiger partial charge in [-0.05, 0) is 41.1 Å². The Balaban J connectivity index is 1.31. The van der Waals surface area contributed by atoms with E-state index in [1.165, 1.54) is 0 Å². The Morgan fingerprint density at radius 2 is 1.91 bits per heavy atom. The minimum absolute atomic E-state index is 0.280. The van der Waals surface area contributed by atoms with Crippen molar-refractivity contribution in [1.82, 2.24) is 25.0 Å². The maximum Gasteiger partial charge on any atom is 0.322 e. The van der Waals surface area contributed by atoms with Gasteiger partial charge in [0.25, 0.3) is 0 Å². The molecule has 1 unspecified atom stereocenters. The second-order valence-corrected chi connectivity index (χ2v) is 8.57. The first-order valence-corrected chi connectivity index (χ1v) is 11.2. The monoisotopic (exact) mass is 470 g/mol. The molecule has 0 fully saturated rings. The number of aromatic amines is 1. The van der Waals surface area contributed by atoms with Gasteiger partial charge in [-0.1, -0.05) is 53.2 Å². The van der Waals surface area contributed by atoms with Gasteiger partial charge in [-0.2, -0.15) is 4.98 Å². The van der Waals surface area contributed by atoms with Crippen molar-refractivity contribution in [3.63, 3.8) is 0 Å². The Morgan fingerprint density at radius 1 is 1.09 bits per heavy atom. The van der Waals surface area contributed by atoms with Gasteiger partial charge in [-0.3, -0.25) is 0 Å². The highest BCUT2D eigenvalue weighted by atomic mass is 35.5. The van der Waals surface area contributed by atoms with Gasteiger partial charge in [0.2, 0.25) is 11.7 Å². The quantitative estimate of drug-likeness (QED) is 0.357. The van der Waals surface area contributed by atoms with Crippen LogP contribution in [0.5, 0.6) is 0 Å². The van der Waals surface area contributed by atoms with Crippen LogP contribution in [0.3, 0.4) is 0 Å². The largest absolute Gasteiger partial charge is 0.347 e. The molecule has 2 amide bonds. The third-order valence-electron chi connectivity index (χ3n) is 5.99. The highest BCUT2D eigenvalue weighted by Gasteiger charge is 2.36. The van der Waals surface area contributed by atoms with Gasteiger partial charge in [-0.25, -0.2) is 9.78 Å². The van der Waals surface area contributed by atoms with E-state index in [0.717, 1.165) is 27.7 Å². The summed E-state index contributed by atoms with van der Waals surface area (Å²) in [6, 6.07) is 20.4. The number of hydrogen-bond acceptors (Lipinski definition) is 5. The highest BCUT2D eigenvalue weighted by Crippen LogP contribution is 2.33. The lowest BCUT2D eigenvalue weighted by Crippen LogP contribution is -2.41. The molecule has 8 nitrogen and oxygen atoms in total. The summed E-state index contributed by atoms with van der Waals surface area (Å²) in [7, 11) is 0. The average Bonchev–Trinajstić information content (AvgIpc) is 3.54. The third-order valence-corrected chi connectivity index (χ3v) is 6.24. The zero-order valence-corrected chi connectivity index (χ0v) is 18.7. The molecule has 0 saturated heterocycles. The van der Waals surface area contributed by atoms with Crippen LogP contribution in [-0.2, 0) is 13.0 Å². The van der Waals surface area contributed by atoms with Crippen molar-refractivity contribution < 1.29 is 9.32 Å². The number of hydrogen-bond donors (Lipinski definition) is 2. The summed E-state index contributed by atoms with van der Waals surface area (Å²) in [5, 5.41) is 9.97. The predicted molar refractivity (Wildman–Crippen MR) is 128 cm³/mol. The molecule has 2 N–H and O–H groups in total. The first-order valence-electron chi connectivity index (χ1n) is 10.8. The fourth-order valence-electron chi connectivity index (χ4n) is 4.21. The van der Waals surface area contributed by atoms with E-state index in [4.69, 9.17) is 16.1 Å². The van der Waals surface area contributed by atoms with Crippen LogP contribution in [0.1, 0.15) is 23.3 Å². The lowest BCUT2D eigenvalue weighted by Gasteiger charge is -2.32. The Morgan fingerprint density at radius 3 is 2.76 bits per heavy atom. The SMILES string of the molecule is O=C(Nc1ccc(Cl)cc1)N1Cc2[nH]cnc2CC1c1nc(-c2ccc3ccccc3c2)no1. The zero-order chi connectivity index (χ0) is 23.1. The number of rotatable bonds is 3. The molecule has 3 heterocycles. The zero-order valence-electron chi connectivity index (χ0n) is 17.9. The number of anilines is 1. The summed E-state index contributed by atoms with van der Waals surface area (Å²) in [4.78, 5) is 27.1. The number of fused-ring (bicyclic) bond motifs is 2. The van der Waals surface area contributed by atoms with Crippen molar-refractivity contribution in [2.75, 3.05) is 5.32 Å². The number of H-pyrrole nitrogens is 1. The molecule has 168 valence electrons. The van der Waals surface area contributed by atoms with Crippen LogP contribution in [0.15, 0.2) is 77.6 Å². The smallest absolute Gasteiger partial charge is 0.322 e. The first-order chi connectivity index (χ1) is 16.6. The molecule has 34 heavy (non-hydrogen) atoms. The molecule has 1 aliphatic heterocycles. The molecule has 0 spiro atoms. The van der Waals surface area contributed by atoms with Crippen LogP contribution in [-0.4, -0.2) is 31.0 Å². The fraction of sp³-hybridized carbons (Fsp3) is 0.120. The number of halogens is 1. The second-order valence-electron chi connectivity index (χ2n) is 8.13. The lowest BCUT2D eigenvalue weighted by molar-refractivity contribution is 0.155. The molecular formula is C25H19ClN6O2. The molecule has 6 rings (SSSR count). The van der Waals surface area contributed by atoms with E-state index in [9.17, 15) is 4.79 Å². The number of carbonyl (C=O) groups is 1. The maximum atomic E-state index is 13.2. The van der Waals surface area contributed by atoms with E-state index in [-0.39, 0.29) is 6.03 Å². The molecule has 0 aliphatic carbocycles. The van der Waals surface area contributed by atoms with E-state index in [0.29, 0.717) is 35.4 Å². The van der Waals surface area contributed by atoms with Crippen molar-refractivity contribution >= 4 is 34.1 Å². The van der Waals surface area contributed by atoms with Crippen molar-refractivity contribution in [2.24, 2.45) is 0 Å². The van der Waals surface area contributed by atoms with Crippen LogP contribution < -0.4 is 5.32 Å². The average molecular weight is 471 g/mol. The number of aromatic nitrogens is 4. The lowest BCUT2D eigenvalue weighted by atomic mass is 10.0. The summed E-state index contributed by atoms with van der Waals surface area (Å²) in [5.74, 6) is 0.842. The van der Waals surface area contributed by atoms with Crippen molar-refractivity contribution in [3.05, 3.63) is 95.4 Å². The molecule has 5 aromatic rings. The molecule has 0 radical (unpaired) electrons. The Kier molecular flexibility index (Phi) is 5.00. The van der Waals surface area contributed by atoms with Crippen LogP contribution in [0.25, 0.3) is 22.2 Å². The molecule has 9 heteroatoms. The van der Waals surface area contributed by atoms with Gasteiger partial charge in [0, 0.05) is 22.7 Å². The summed E-state index contributed by atoms with van der Waals surface area (Å²) < 4.78 is 5.67. The first kappa shape index (κ1) is 20.4. The van der Waals surface area contributed by atoms with Crippen molar-refractivity contribution in [3.8, 4) is 11.4 Å². The molecule has 2 aromatic heterocycles. The maximum absolute atomic E-state index is 13.2. The Labute approximate surface area is 199 Å². The highest BCUT2D eigenvalue weighted by molar-refractivity contribution is 6.30. The number of carbonyl (C=O) groups excluding carboxylic acids is 1. The van der Waals surface area contributed by atoms with E-state index in [1.54, 1.807) is 35.5 Å². The molecule has 1 atom stereocenters. The van der Waals surface area contributed by atoms with Gasteiger partial charge in [0.1, 0.15) is 6.04 Å². The predicted octanol–water partition coefficient (Wildman–Crippen LogP) is 5.60. The Hall–Kier alpha value is -4.17. The molecule has 1 aliphatic rings.